The normalized spacial score (nSPS) is 25.0. The van der Waals surface area contributed by atoms with Gasteiger partial charge >= 0.3 is 12.0 Å². The lowest BCUT2D eigenvalue weighted by atomic mass is 9.88. The minimum Gasteiger partial charge on any atom is -0.493 e. The molecule has 0 unspecified atom stereocenters. The Kier molecular flexibility index (Phi) is 6.60. The summed E-state index contributed by atoms with van der Waals surface area (Å²) in [6.45, 7) is 6.57. The van der Waals surface area contributed by atoms with Gasteiger partial charge in [-0.05, 0) is 51.0 Å². The van der Waals surface area contributed by atoms with Crippen molar-refractivity contribution in [2.45, 2.75) is 65.0 Å². The van der Waals surface area contributed by atoms with Crippen molar-refractivity contribution in [3.8, 4) is 5.75 Å². The summed E-state index contributed by atoms with van der Waals surface area (Å²) in [4.78, 5) is 25.2. The molecule has 0 spiro atoms. The smallest absolute Gasteiger partial charge is 0.338 e. The summed E-state index contributed by atoms with van der Waals surface area (Å²) in [6, 6.07) is 6.57. The van der Waals surface area contributed by atoms with Crippen LogP contribution in [-0.4, -0.2) is 24.7 Å². The van der Waals surface area contributed by atoms with Crippen LogP contribution in [0.25, 0.3) is 0 Å². The molecule has 2 amide bonds. The summed E-state index contributed by atoms with van der Waals surface area (Å²) >= 11 is 0. The molecule has 1 saturated carbocycles. The minimum absolute atomic E-state index is 0.0612. The van der Waals surface area contributed by atoms with Crippen molar-refractivity contribution >= 4 is 12.0 Å². The third-order valence-corrected chi connectivity index (χ3v) is 5.42. The second-order valence-corrected chi connectivity index (χ2v) is 7.74. The van der Waals surface area contributed by atoms with E-state index in [9.17, 15) is 9.59 Å². The molecule has 0 bridgehead atoms. The fourth-order valence-corrected chi connectivity index (χ4v) is 3.82. The molecule has 1 atom stereocenters. The first kappa shape index (κ1) is 20.2. The van der Waals surface area contributed by atoms with Crippen LogP contribution in [0.5, 0.6) is 5.75 Å². The largest absolute Gasteiger partial charge is 0.493 e. The molecule has 1 fully saturated rings. The maximum atomic E-state index is 13.1. The van der Waals surface area contributed by atoms with Crippen LogP contribution < -0.4 is 15.4 Å². The Bertz CT molecular complexity index is 751. The summed E-state index contributed by atoms with van der Waals surface area (Å²) in [5.74, 6) is 0.975. The van der Waals surface area contributed by atoms with Gasteiger partial charge in [-0.1, -0.05) is 32.0 Å². The maximum Gasteiger partial charge on any atom is 0.338 e. The number of carbonyl (C=O) groups excluding carboxylic acids is 2. The van der Waals surface area contributed by atoms with E-state index in [4.69, 9.17) is 9.47 Å². The van der Waals surface area contributed by atoms with Gasteiger partial charge in [-0.2, -0.15) is 0 Å². The Hall–Kier alpha value is -2.50. The van der Waals surface area contributed by atoms with Gasteiger partial charge in [-0.25, -0.2) is 9.59 Å². The van der Waals surface area contributed by atoms with Gasteiger partial charge in [0, 0.05) is 11.3 Å². The van der Waals surface area contributed by atoms with Crippen LogP contribution in [0.3, 0.4) is 0 Å². The predicted octanol–water partition coefficient (Wildman–Crippen LogP) is 4.23. The van der Waals surface area contributed by atoms with E-state index in [0.29, 0.717) is 29.5 Å². The Morgan fingerprint density at radius 3 is 2.61 bits per heavy atom. The zero-order chi connectivity index (χ0) is 20.1. The number of urea groups is 1. The van der Waals surface area contributed by atoms with Gasteiger partial charge in [0.25, 0.3) is 0 Å². The van der Waals surface area contributed by atoms with Crippen molar-refractivity contribution in [2.24, 2.45) is 5.92 Å². The number of allylic oxidation sites excluding steroid dienone is 1. The van der Waals surface area contributed by atoms with Crippen molar-refractivity contribution < 1.29 is 19.1 Å². The second kappa shape index (κ2) is 9.13. The van der Waals surface area contributed by atoms with Crippen molar-refractivity contribution in [1.82, 2.24) is 10.6 Å². The van der Waals surface area contributed by atoms with Crippen LogP contribution >= 0.6 is 0 Å². The molecule has 1 aliphatic carbocycles. The van der Waals surface area contributed by atoms with E-state index in [2.05, 4.69) is 17.6 Å². The molecule has 1 aliphatic heterocycles. The first-order valence-electron chi connectivity index (χ1n) is 10.2. The van der Waals surface area contributed by atoms with Gasteiger partial charge in [0.2, 0.25) is 0 Å². The van der Waals surface area contributed by atoms with Crippen LogP contribution in [0.4, 0.5) is 4.79 Å². The van der Waals surface area contributed by atoms with E-state index >= 15 is 0 Å². The van der Waals surface area contributed by atoms with Gasteiger partial charge < -0.3 is 20.1 Å². The standard InChI is InChI=1S/C22H30N2O4/c1-4-13-27-18-8-6-5-7-17(18)20-19(15(3)23-22(26)24-20)21(25)28-16-11-9-14(2)10-12-16/h5-8,14,16,20H,4,9-13H2,1-3H3,(H2,23,24,26)/t14?,16?,20-/m0/s1. The molecule has 3 rings (SSSR count). The predicted molar refractivity (Wildman–Crippen MR) is 107 cm³/mol. The average Bonchev–Trinajstić information content (AvgIpc) is 2.67. The number of hydrogen-bond acceptors (Lipinski definition) is 4. The van der Waals surface area contributed by atoms with E-state index < -0.39 is 6.04 Å². The third-order valence-electron chi connectivity index (χ3n) is 5.42. The zero-order valence-corrected chi connectivity index (χ0v) is 16.9. The van der Waals surface area contributed by atoms with E-state index in [1.165, 1.54) is 0 Å². The SMILES string of the molecule is CCCOc1ccccc1[C@@H]1NC(=O)NC(C)=C1C(=O)OC1CCC(C)CC1. The van der Waals surface area contributed by atoms with Crippen LogP contribution in [0, 0.1) is 5.92 Å². The van der Waals surface area contributed by atoms with Gasteiger partial charge in [0.15, 0.2) is 0 Å². The number of para-hydroxylation sites is 1. The van der Waals surface area contributed by atoms with E-state index in [0.717, 1.165) is 37.7 Å². The van der Waals surface area contributed by atoms with E-state index in [-0.39, 0.29) is 18.1 Å². The number of esters is 1. The summed E-state index contributed by atoms with van der Waals surface area (Å²) in [5, 5.41) is 5.57. The molecular formula is C22H30N2O4. The van der Waals surface area contributed by atoms with Crippen LogP contribution in [0.15, 0.2) is 35.5 Å². The Labute approximate surface area is 166 Å². The molecule has 2 N–H and O–H groups in total. The van der Waals surface area contributed by atoms with Crippen molar-refractivity contribution in [2.75, 3.05) is 6.61 Å². The van der Waals surface area contributed by atoms with Crippen molar-refractivity contribution in [3.05, 3.63) is 41.1 Å². The molecule has 0 saturated heterocycles. The average molecular weight is 386 g/mol. The molecule has 152 valence electrons. The minimum atomic E-state index is -0.600. The number of carbonyl (C=O) groups is 2. The molecule has 28 heavy (non-hydrogen) atoms. The topological polar surface area (TPSA) is 76.7 Å². The monoisotopic (exact) mass is 386 g/mol. The first-order valence-corrected chi connectivity index (χ1v) is 10.2. The fraction of sp³-hybridized carbons (Fsp3) is 0.545. The molecule has 2 aliphatic rings. The van der Waals surface area contributed by atoms with E-state index in [1.807, 2.05) is 31.2 Å². The molecule has 6 heteroatoms. The van der Waals surface area contributed by atoms with Crippen molar-refractivity contribution in [3.63, 3.8) is 0 Å². The fourth-order valence-electron chi connectivity index (χ4n) is 3.82. The van der Waals surface area contributed by atoms with Gasteiger partial charge in [0.05, 0.1) is 18.2 Å². The molecular weight excluding hydrogens is 356 g/mol. The number of amides is 2. The molecule has 1 heterocycles. The van der Waals surface area contributed by atoms with Crippen LogP contribution in [0.2, 0.25) is 0 Å². The summed E-state index contributed by atoms with van der Waals surface area (Å²) in [5.41, 5.74) is 1.72. The number of rotatable bonds is 6. The highest BCUT2D eigenvalue weighted by molar-refractivity contribution is 5.95. The Morgan fingerprint density at radius 2 is 1.89 bits per heavy atom. The van der Waals surface area contributed by atoms with Crippen LogP contribution in [-0.2, 0) is 9.53 Å². The Morgan fingerprint density at radius 1 is 1.18 bits per heavy atom. The highest BCUT2D eigenvalue weighted by Crippen LogP contribution is 2.35. The number of ether oxygens (including phenoxy) is 2. The summed E-state index contributed by atoms with van der Waals surface area (Å²) in [6.07, 6.45) is 4.73. The van der Waals surface area contributed by atoms with E-state index in [1.54, 1.807) is 6.92 Å². The van der Waals surface area contributed by atoms with Gasteiger partial charge in [0.1, 0.15) is 11.9 Å². The molecule has 1 aromatic carbocycles. The lowest BCUT2D eigenvalue weighted by Crippen LogP contribution is -2.45. The summed E-state index contributed by atoms with van der Waals surface area (Å²) in [7, 11) is 0. The molecule has 0 aromatic heterocycles. The molecule has 1 aromatic rings. The van der Waals surface area contributed by atoms with Gasteiger partial charge in [-0.15, -0.1) is 0 Å². The highest BCUT2D eigenvalue weighted by Gasteiger charge is 2.35. The molecule has 0 radical (unpaired) electrons. The lowest BCUT2D eigenvalue weighted by Gasteiger charge is -2.31. The maximum absolute atomic E-state index is 13.1. The van der Waals surface area contributed by atoms with Gasteiger partial charge in [-0.3, -0.25) is 0 Å². The Balaban J connectivity index is 1.86. The lowest BCUT2D eigenvalue weighted by molar-refractivity contribution is -0.146. The zero-order valence-electron chi connectivity index (χ0n) is 16.9. The third kappa shape index (κ3) is 4.66. The number of hydrogen-bond donors (Lipinski definition) is 2. The summed E-state index contributed by atoms with van der Waals surface area (Å²) < 4.78 is 11.7. The highest BCUT2D eigenvalue weighted by atomic mass is 16.5. The molecule has 6 nitrogen and oxygen atoms in total. The first-order chi connectivity index (χ1) is 13.5. The second-order valence-electron chi connectivity index (χ2n) is 7.74. The quantitative estimate of drug-likeness (QED) is 0.718. The van der Waals surface area contributed by atoms with Crippen molar-refractivity contribution in [1.29, 1.82) is 0 Å². The van der Waals surface area contributed by atoms with Crippen LogP contribution in [0.1, 0.15) is 64.5 Å². The number of nitrogens with one attached hydrogen (secondary N) is 2. The number of benzene rings is 1.